The molecule has 0 fully saturated rings. The molecule has 0 saturated heterocycles. The molecular weight excluding hydrogens is 246 g/mol. The molecule has 0 heterocycles. The number of ketones is 1. The first-order valence-corrected chi connectivity index (χ1v) is 5.41. The summed E-state index contributed by atoms with van der Waals surface area (Å²) in [5.41, 5.74) is 1.30. The second-order valence-corrected chi connectivity index (χ2v) is 3.69. The van der Waals surface area contributed by atoms with Gasteiger partial charge in [-0.05, 0) is 42.0 Å². The van der Waals surface area contributed by atoms with Gasteiger partial charge in [-0.2, -0.15) is 10.2 Å². The largest absolute Gasteiger partial charge is 0.290 e. The molecule has 0 unspecified atom stereocenters. The Balaban J connectivity index is 2.05. The zero-order valence-corrected chi connectivity index (χ0v) is 9.76. The van der Waals surface area contributed by atoms with Crippen LogP contribution >= 0.6 is 0 Å². The monoisotopic (exact) mass is 255 g/mol. The van der Waals surface area contributed by atoms with Crippen LogP contribution in [-0.2, 0) is 4.79 Å². The topological polar surface area (TPSA) is 84.9 Å². The van der Waals surface area contributed by atoms with Crippen LogP contribution in [-0.4, -0.2) is 22.6 Å². The molecule has 1 aromatic rings. The van der Waals surface area contributed by atoms with E-state index in [-0.39, 0.29) is 11.5 Å². The highest BCUT2D eigenvalue weighted by molar-refractivity contribution is 6.16. The van der Waals surface area contributed by atoms with Gasteiger partial charge in [0.15, 0.2) is 5.78 Å². The van der Waals surface area contributed by atoms with Crippen molar-refractivity contribution in [3.05, 3.63) is 64.2 Å². The molecule has 2 rings (SSSR count). The number of nitrogens with zero attached hydrogens (tertiary/aromatic N) is 3. The van der Waals surface area contributed by atoms with Crippen molar-refractivity contribution in [1.29, 1.82) is 0 Å². The van der Waals surface area contributed by atoms with E-state index in [0.29, 0.717) is 11.3 Å². The lowest BCUT2D eigenvalue weighted by Gasteiger charge is -1.95. The van der Waals surface area contributed by atoms with Crippen LogP contribution in [0.4, 0.5) is 5.69 Å². The Kier molecular flexibility index (Phi) is 3.72. The molecule has 0 radical (unpaired) electrons. The van der Waals surface area contributed by atoms with Crippen molar-refractivity contribution in [2.75, 3.05) is 0 Å². The number of hydrogen-bond acceptors (Lipinski definition) is 5. The van der Waals surface area contributed by atoms with Gasteiger partial charge >= 0.3 is 0 Å². The molecule has 1 aromatic carbocycles. The van der Waals surface area contributed by atoms with Crippen LogP contribution in [0.2, 0.25) is 0 Å². The maximum absolute atomic E-state index is 10.9. The Hall–Kier alpha value is -2.89. The van der Waals surface area contributed by atoms with Crippen molar-refractivity contribution in [3.63, 3.8) is 0 Å². The average Bonchev–Trinajstić information content (AvgIpc) is 2.41. The van der Waals surface area contributed by atoms with Gasteiger partial charge in [0.05, 0.1) is 16.8 Å². The lowest BCUT2D eigenvalue weighted by Crippen LogP contribution is -1.98. The van der Waals surface area contributed by atoms with Gasteiger partial charge < -0.3 is 0 Å². The fourth-order valence-corrected chi connectivity index (χ4v) is 1.36. The molecule has 0 amide bonds. The van der Waals surface area contributed by atoms with Crippen LogP contribution in [0.25, 0.3) is 0 Å². The van der Waals surface area contributed by atoms with Gasteiger partial charge in [0.2, 0.25) is 0 Å². The molecule has 6 heteroatoms. The zero-order valence-electron chi connectivity index (χ0n) is 9.76. The molecule has 6 nitrogen and oxygen atoms in total. The Bertz CT molecular complexity index is 607. The predicted octanol–water partition coefficient (Wildman–Crippen LogP) is 2.06. The summed E-state index contributed by atoms with van der Waals surface area (Å²) in [5, 5.41) is 18.2. The molecule has 94 valence electrons. The quantitative estimate of drug-likeness (QED) is 0.358. The predicted molar refractivity (Wildman–Crippen MR) is 71.4 cm³/mol. The Morgan fingerprint density at radius 1 is 1.05 bits per heavy atom. The molecule has 0 aliphatic heterocycles. The molecule has 0 atom stereocenters. The number of rotatable bonds is 3. The van der Waals surface area contributed by atoms with Crippen molar-refractivity contribution < 1.29 is 9.72 Å². The molecule has 0 N–H and O–H groups in total. The van der Waals surface area contributed by atoms with E-state index in [4.69, 9.17) is 0 Å². The van der Waals surface area contributed by atoms with E-state index < -0.39 is 4.92 Å². The number of carbonyl (C=O) groups excluding carboxylic acids is 1. The Morgan fingerprint density at radius 2 is 1.68 bits per heavy atom. The van der Waals surface area contributed by atoms with Crippen LogP contribution < -0.4 is 0 Å². The summed E-state index contributed by atoms with van der Waals surface area (Å²) in [5.74, 6) is -0.0849. The first kappa shape index (κ1) is 12.6. The third-order valence-corrected chi connectivity index (χ3v) is 2.32. The molecule has 1 aliphatic rings. The van der Waals surface area contributed by atoms with Crippen LogP contribution in [0.3, 0.4) is 0 Å². The number of hydrogen-bond donors (Lipinski definition) is 0. The van der Waals surface area contributed by atoms with Crippen molar-refractivity contribution in [3.8, 4) is 0 Å². The van der Waals surface area contributed by atoms with Crippen LogP contribution in [0.1, 0.15) is 5.56 Å². The molecular formula is C13H9N3O3. The molecule has 0 bridgehead atoms. The summed E-state index contributed by atoms with van der Waals surface area (Å²) >= 11 is 0. The van der Waals surface area contributed by atoms with E-state index in [0.717, 1.165) is 0 Å². The number of nitro groups is 1. The Morgan fingerprint density at radius 3 is 2.26 bits per heavy atom. The lowest BCUT2D eigenvalue weighted by molar-refractivity contribution is -0.384. The minimum atomic E-state index is -0.463. The van der Waals surface area contributed by atoms with Crippen molar-refractivity contribution >= 4 is 23.4 Å². The van der Waals surface area contributed by atoms with Gasteiger partial charge in [-0.25, -0.2) is 0 Å². The standard InChI is InChI=1S/C13H9N3O3/c17-13-7-3-11(4-8-13)15-14-9-10-1-5-12(6-2-10)16(18)19/h1-9H. The fraction of sp³-hybridized carbons (Fsp3) is 0. The highest BCUT2D eigenvalue weighted by Gasteiger charge is 2.02. The van der Waals surface area contributed by atoms with Crippen LogP contribution in [0, 0.1) is 10.1 Å². The second-order valence-electron chi connectivity index (χ2n) is 3.69. The summed E-state index contributed by atoms with van der Waals surface area (Å²) in [6.07, 6.45) is 7.42. The van der Waals surface area contributed by atoms with Crippen LogP contribution in [0.5, 0.6) is 0 Å². The number of non-ortho nitro benzene ring substituents is 1. The third kappa shape index (κ3) is 3.53. The van der Waals surface area contributed by atoms with E-state index in [9.17, 15) is 14.9 Å². The van der Waals surface area contributed by atoms with E-state index in [1.807, 2.05) is 0 Å². The number of carbonyl (C=O) groups is 1. The minimum Gasteiger partial charge on any atom is -0.290 e. The number of benzene rings is 1. The SMILES string of the molecule is O=C1C=CC(=NN=Cc2ccc([N+](=O)[O-])cc2)C=C1. The summed E-state index contributed by atoms with van der Waals surface area (Å²) in [4.78, 5) is 20.9. The average molecular weight is 255 g/mol. The van der Waals surface area contributed by atoms with E-state index in [1.54, 1.807) is 24.3 Å². The second kappa shape index (κ2) is 5.63. The summed E-state index contributed by atoms with van der Waals surface area (Å²) in [6.45, 7) is 0. The highest BCUT2D eigenvalue weighted by atomic mass is 16.6. The highest BCUT2D eigenvalue weighted by Crippen LogP contribution is 2.10. The van der Waals surface area contributed by atoms with Gasteiger partial charge in [0, 0.05) is 12.1 Å². The maximum Gasteiger partial charge on any atom is 0.269 e. The van der Waals surface area contributed by atoms with E-state index >= 15 is 0 Å². The van der Waals surface area contributed by atoms with Gasteiger partial charge in [0.1, 0.15) is 0 Å². The molecule has 0 spiro atoms. The number of allylic oxidation sites excluding steroid dienone is 4. The van der Waals surface area contributed by atoms with Crippen molar-refractivity contribution in [2.45, 2.75) is 0 Å². The molecule has 1 aliphatic carbocycles. The van der Waals surface area contributed by atoms with Crippen molar-refractivity contribution in [1.82, 2.24) is 0 Å². The normalized spacial score (nSPS) is 14.1. The fourth-order valence-electron chi connectivity index (χ4n) is 1.36. The van der Waals surface area contributed by atoms with Gasteiger partial charge in [0.25, 0.3) is 5.69 Å². The van der Waals surface area contributed by atoms with Gasteiger partial charge in [-0.1, -0.05) is 0 Å². The maximum atomic E-state index is 10.9. The minimum absolute atomic E-state index is 0.0279. The molecule has 19 heavy (non-hydrogen) atoms. The lowest BCUT2D eigenvalue weighted by atomic mass is 10.2. The number of nitro benzene ring substituents is 1. The third-order valence-electron chi connectivity index (χ3n) is 2.32. The molecule has 0 saturated carbocycles. The van der Waals surface area contributed by atoms with E-state index in [2.05, 4.69) is 10.2 Å². The van der Waals surface area contributed by atoms with Gasteiger partial charge in [-0.15, -0.1) is 0 Å². The smallest absolute Gasteiger partial charge is 0.269 e. The van der Waals surface area contributed by atoms with Gasteiger partial charge in [-0.3, -0.25) is 14.9 Å². The van der Waals surface area contributed by atoms with Crippen molar-refractivity contribution in [2.24, 2.45) is 10.2 Å². The zero-order chi connectivity index (χ0) is 13.7. The van der Waals surface area contributed by atoms with Crippen LogP contribution in [0.15, 0.2) is 58.8 Å². The first-order chi connectivity index (χ1) is 9.15. The van der Waals surface area contributed by atoms with E-state index in [1.165, 1.54) is 30.5 Å². The Labute approximate surface area is 108 Å². The summed E-state index contributed by atoms with van der Waals surface area (Å²) in [7, 11) is 0. The summed E-state index contributed by atoms with van der Waals surface area (Å²) < 4.78 is 0. The summed E-state index contributed by atoms with van der Waals surface area (Å²) in [6, 6.07) is 5.96. The first-order valence-electron chi connectivity index (χ1n) is 5.41. The molecule has 0 aromatic heterocycles.